The van der Waals surface area contributed by atoms with Gasteiger partial charge in [-0.3, -0.25) is 4.79 Å². The molecule has 0 aromatic heterocycles. The zero-order valence-electron chi connectivity index (χ0n) is 19.3. The first kappa shape index (κ1) is 24.4. The van der Waals surface area contributed by atoms with Crippen molar-refractivity contribution in [2.45, 2.75) is 70.3 Å². The maximum absolute atomic E-state index is 15.5. The fourth-order valence-electron chi connectivity index (χ4n) is 5.62. The lowest BCUT2D eigenvalue weighted by Gasteiger charge is -2.44. The first-order chi connectivity index (χ1) is 15.1. The van der Waals surface area contributed by atoms with E-state index < -0.39 is 46.9 Å². The van der Waals surface area contributed by atoms with E-state index in [0.29, 0.717) is 12.0 Å². The van der Waals surface area contributed by atoms with Crippen molar-refractivity contribution in [2.75, 3.05) is 0 Å². The predicted octanol–water partition coefficient (Wildman–Crippen LogP) is 5.99. The van der Waals surface area contributed by atoms with Gasteiger partial charge < -0.3 is 10.5 Å². The summed E-state index contributed by atoms with van der Waals surface area (Å²) < 4.78 is 35.7. The standard InChI is InChI=1S/C25H28Cl2F2N2O2/c1-23(2,3)12-19-25(30,17-7-6-14(26)11-18(17)29)20(13-8-15(27)10-16(28)9-13)21-22(32)33-24(4,5)31(19)21/h6-11,19-21H,12,30H2,1-5H3. The van der Waals surface area contributed by atoms with E-state index in [0.717, 1.165) is 0 Å². The number of fused-ring (bicyclic) bond motifs is 1. The number of hydrogen-bond acceptors (Lipinski definition) is 4. The van der Waals surface area contributed by atoms with Gasteiger partial charge in [0.25, 0.3) is 0 Å². The Labute approximate surface area is 203 Å². The van der Waals surface area contributed by atoms with Crippen LogP contribution in [0.2, 0.25) is 10.0 Å². The Hall–Kier alpha value is -1.73. The fourth-order valence-corrected chi connectivity index (χ4v) is 6.01. The minimum Gasteiger partial charge on any atom is -0.443 e. The molecule has 4 atom stereocenters. The number of halogens is 4. The van der Waals surface area contributed by atoms with Crippen LogP contribution in [0, 0.1) is 17.0 Å². The van der Waals surface area contributed by atoms with Gasteiger partial charge in [0.2, 0.25) is 0 Å². The molecule has 0 radical (unpaired) electrons. The summed E-state index contributed by atoms with van der Waals surface area (Å²) in [5, 5.41) is 0.399. The van der Waals surface area contributed by atoms with Gasteiger partial charge in [0.05, 0.1) is 5.54 Å². The summed E-state index contributed by atoms with van der Waals surface area (Å²) in [6.45, 7) is 9.75. The molecular weight excluding hydrogens is 469 g/mol. The van der Waals surface area contributed by atoms with Crippen molar-refractivity contribution in [1.29, 1.82) is 0 Å². The second-order valence-electron chi connectivity index (χ2n) is 10.7. The van der Waals surface area contributed by atoms with Crippen LogP contribution in [0.15, 0.2) is 36.4 Å². The molecule has 0 bridgehead atoms. The zero-order chi connectivity index (χ0) is 24.5. The molecule has 0 amide bonds. The lowest BCUT2D eigenvalue weighted by molar-refractivity contribution is -0.152. The first-order valence-electron chi connectivity index (χ1n) is 10.9. The number of hydrogen-bond donors (Lipinski definition) is 1. The lowest BCUT2D eigenvalue weighted by Crippen LogP contribution is -2.56. The maximum Gasteiger partial charge on any atom is 0.325 e. The third kappa shape index (κ3) is 4.05. The van der Waals surface area contributed by atoms with Gasteiger partial charge in [-0.05, 0) is 61.6 Å². The summed E-state index contributed by atoms with van der Waals surface area (Å²) >= 11 is 12.2. The van der Waals surface area contributed by atoms with Crippen LogP contribution in [0.1, 0.15) is 58.1 Å². The van der Waals surface area contributed by atoms with E-state index >= 15 is 4.39 Å². The van der Waals surface area contributed by atoms with Crippen molar-refractivity contribution < 1.29 is 18.3 Å². The van der Waals surface area contributed by atoms with E-state index in [1.165, 1.54) is 18.2 Å². The number of ether oxygens (including phenoxy) is 1. The fraction of sp³-hybridized carbons (Fsp3) is 0.480. The summed E-state index contributed by atoms with van der Waals surface area (Å²) in [6.07, 6.45) is 0.529. The highest BCUT2D eigenvalue weighted by molar-refractivity contribution is 6.30. The molecular formula is C25H28Cl2F2N2O2. The van der Waals surface area contributed by atoms with Crippen molar-refractivity contribution >= 4 is 29.2 Å². The number of rotatable bonds is 3. The molecule has 2 aliphatic rings. The number of nitrogens with zero attached hydrogens (tertiary/aromatic N) is 1. The Morgan fingerprint density at radius 3 is 2.33 bits per heavy atom. The number of nitrogens with two attached hydrogens (primary N) is 1. The van der Waals surface area contributed by atoms with E-state index in [4.69, 9.17) is 33.7 Å². The lowest BCUT2D eigenvalue weighted by atomic mass is 9.68. The minimum absolute atomic E-state index is 0.167. The molecule has 0 aliphatic carbocycles. The Balaban J connectivity index is 2.05. The highest BCUT2D eigenvalue weighted by Crippen LogP contribution is 2.57. The van der Waals surface area contributed by atoms with Gasteiger partial charge >= 0.3 is 5.97 Å². The molecule has 33 heavy (non-hydrogen) atoms. The number of carbonyl (C=O) groups excluding carboxylic acids is 1. The molecule has 2 aromatic carbocycles. The molecule has 8 heteroatoms. The average molecular weight is 497 g/mol. The van der Waals surface area contributed by atoms with Gasteiger partial charge in [0.15, 0.2) is 5.72 Å². The molecule has 2 heterocycles. The van der Waals surface area contributed by atoms with Crippen molar-refractivity contribution in [3.63, 3.8) is 0 Å². The Bertz CT molecular complexity index is 1100. The number of cyclic esters (lactones) is 1. The SMILES string of the molecule is CC(C)(C)CC1N2C(C(=O)OC2(C)C)C(c2cc(F)cc(Cl)c2)C1(N)c1ccc(Cl)cc1F. The van der Waals surface area contributed by atoms with E-state index in [9.17, 15) is 9.18 Å². The van der Waals surface area contributed by atoms with Crippen molar-refractivity contribution in [2.24, 2.45) is 11.1 Å². The predicted molar refractivity (Wildman–Crippen MR) is 125 cm³/mol. The van der Waals surface area contributed by atoms with Gasteiger partial charge in [-0.1, -0.05) is 50.0 Å². The van der Waals surface area contributed by atoms with Crippen LogP contribution < -0.4 is 5.73 Å². The normalized spacial score (nSPS) is 29.3. The van der Waals surface area contributed by atoms with Crippen LogP contribution in [0.5, 0.6) is 0 Å². The van der Waals surface area contributed by atoms with Crippen molar-refractivity contribution in [1.82, 2.24) is 4.90 Å². The molecule has 2 N–H and O–H groups in total. The highest BCUT2D eigenvalue weighted by Gasteiger charge is 2.69. The molecule has 2 aliphatic heterocycles. The molecule has 4 nitrogen and oxygen atoms in total. The Morgan fingerprint density at radius 2 is 1.76 bits per heavy atom. The third-order valence-corrected chi connectivity index (χ3v) is 7.13. The second-order valence-corrected chi connectivity index (χ2v) is 11.6. The number of esters is 1. The number of carbonyl (C=O) groups is 1. The average Bonchev–Trinajstić information content (AvgIpc) is 3.02. The van der Waals surface area contributed by atoms with Crippen LogP contribution >= 0.6 is 23.2 Å². The van der Waals surface area contributed by atoms with E-state index in [1.54, 1.807) is 32.0 Å². The van der Waals surface area contributed by atoms with Gasteiger partial charge in [-0.2, -0.15) is 0 Å². The van der Waals surface area contributed by atoms with Crippen LogP contribution in [0.4, 0.5) is 8.78 Å². The van der Waals surface area contributed by atoms with Crippen LogP contribution in [-0.2, 0) is 15.1 Å². The van der Waals surface area contributed by atoms with Crippen LogP contribution in [0.25, 0.3) is 0 Å². The first-order valence-corrected chi connectivity index (χ1v) is 11.6. The minimum atomic E-state index is -1.40. The van der Waals surface area contributed by atoms with Crippen LogP contribution in [0.3, 0.4) is 0 Å². The molecule has 4 rings (SSSR count). The third-order valence-electron chi connectivity index (χ3n) is 6.68. The summed E-state index contributed by atoms with van der Waals surface area (Å²) in [5.74, 6) is -2.44. The van der Waals surface area contributed by atoms with Crippen molar-refractivity contribution in [3.8, 4) is 0 Å². The van der Waals surface area contributed by atoms with Gasteiger partial charge in [-0.25, -0.2) is 13.7 Å². The summed E-state index contributed by atoms with van der Waals surface area (Å²) in [7, 11) is 0. The smallest absolute Gasteiger partial charge is 0.325 e. The topological polar surface area (TPSA) is 55.6 Å². The Morgan fingerprint density at radius 1 is 1.09 bits per heavy atom. The summed E-state index contributed by atoms with van der Waals surface area (Å²) in [4.78, 5) is 15.2. The quantitative estimate of drug-likeness (QED) is 0.530. The highest BCUT2D eigenvalue weighted by atomic mass is 35.5. The van der Waals surface area contributed by atoms with E-state index in [-0.39, 0.29) is 21.0 Å². The Kier molecular flexibility index (Phi) is 5.85. The molecule has 178 valence electrons. The monoisotopic (exact) mass is 496 g/mol. The molecule has 2 aromatic rings. The molecule has 0 saturated carbocycles. The number of benzene rings is 2. The largest absolute Gasteiger partial charge is 0.443 e. The van der Waals surface area contributed by atoms with Gasteiger partial charge in [-0.15, -0.1) is 0 Å². The second kappa shape index (κ2) is 7.91. The molecule has 4 unspecified atom stereocenters. The van der Waals surface area contributed by atoms with Crippen molar-refractivity contribution in [3.05, 3.63) is 69.2 Å². The van der Waals surface area contributed by atoms with Gasteiger partial charge in [0.1, 0.15) is 17.7 Å². The summed E-state index contributed by atoms with van der Waals surface area (Å²) in [5.41, 5.74) is 5.25. The molecule has 2 saturated heterocycles. The van der Waals surface area contributed by atoms with E-state index in [2.05, 4.69) is 20.8 Å². The van der Waals surface area contributed by atoms with Gasteiger partial charge in [0, 0.05) is 27.6 Å². The molecule has 0 spiro atoms. The summed E-state index contributed by atoms with van der Waals surface area (Å²) in [6, 6.07) is 7.07. The molecule has 2 fully saturated rings. The van der Waals surface area contributed by atoms with E-state index in [1.807, 2.05) is 4.90 Å². The van der Waals surface area contributed by atoms with Crippen LogP contribution in [-0.4, -0.2) is 28.7 Å². The zero-order valence-corrected chi connectivity index (χ0v) is 20.8. The maximum atomic E-state index is 15.5.